The first-order valence-electron chi connectivity index (χ1n) is 7.42. The van der Waals surface area contributed by atoms with Crippen molar-refractivity contribution in [1.82, 2.24) is 14.3 Å². The molecular formula is C17H17ClN4O2S. The number of aromatic amines is 1. The number of fused-ring (bicyclic) bond motifs is 1. The van der Waals surface area contributed by atoms with Crippen molar-refractivity contribution in [3.8, 4) is 0 Å². The molecule has 3 aromatic rings. The molecule has 0 unspecified atom stereocenters. The van der Waals surface area contributed by atoms with Gasteiger partial charge < -0.3 is 10.7 Å². The van der Waals surface area contributed by atoms with E-state index in [1.54, 1.807) is 12.1 Å². The van der Waals surface area contributed by atoms with Crippen LogP contribution in [0.15, 0.2) is 52.9 Å². The fraction of sp³-hybridized carbons (Fsp3) is 0.118. The van der Waals surface area contributed by atoms with Gasteiger partial charge in [-0.2, -0.15) is 0 Å². The van der Waals surface area contributed by atoms with E-state index < -0.39 is 10.0 Å². The van der Waals surface area contributed by atoms with Crippen molar-refractivity contribution in [1.29, 1.82) is 0 Å². The van der Waals surface area contributed by atoms with Crippen LogP contribution < -0.4 is 5.73 Å². The van der Waals surface area contributed by atoms with E-state index >= 15 is 0 Å². The third-order valence-corrected chi connectivity index (χ3v) is 5.88. The first kappa shape index (κ1) is 17.5. The van der Waals surface area contributed by atoms with Crippen LogP contribution in [0.4, 0.5) is 5.95 Å². The van der Waals surface area contributed by atoms with E-state index in [2.05, 4.69) is 9.97 Å². The summed E-state index contributed by atoms with van der Waals surface area (Å²) in [5, 5.41) is 0. The summed E-state index contributed by atoms with van der Waals surface area (Å²) in [4.78, 5) is 7.09. The number of anilines is 1. The van der Waals surface area contributed by atoms with Gasteiger partial charge >= 0.3 is 0 Å². The summed E-state index contributed by atoms with van der Waals surface area (Å²) in [5.41, 5.74) is 10.2. The third kappa shape index (κ3) is 3.13. The number of nitrogens with zero attached hydrogens (tertiary/aromatic N) is 2. The Bertz CT molecular complexity index is 1060. The van der Waals surface area contributed by atoms with Crippen molar-refractivity contribution >= 4 is 44.2 Å². The summed E-state index contributed by atoms with van der Waals surface area (Å²) in [5.74, 6) is 0.151. The Balaban J connectivity index is 2.31. The van der Waals surface area contributed by atoms with Gasteiger partial charge in [0.05, 0.1) is 5.52 Å². The average Bonchev–Trinajstić information content (AvgIpc) is 2.95. The highest BCUT2D eigenvalue weighted by molar-refractivity contribution is 7.89. The average molecular weight is 377 g/mol. The van der Waals surface area contributed by atoms with Crippen molar-refractivity contribution < 1.29 is 8.42 Å². The zero-order valence-corrected chi connectivity index (χ0v) is 15.3. The van der Waals surface area contributed by atoms with Crippen LogP contribution in [0.2, 0.25) is 0 Å². The maximum absolute atomic E-state index is 12.7. The lowest BCUT2D eigenvalue weighted by atomic mass is 9.99. The first-order chi connectivity index (χ1) is 11.8. The Morgan fingerprint density at radius 2 is 1.88 bits per heavy atom. The zero-order valence-electron chi connectivity index (χ0n) is 13.7. The maximum atomic E-state index is 12.7. The summed E-state index contributed by atoms with van der Waals surface area (Å²) in [6, 6.07) is 12.8. The molecule has 2 aromatic carbocycles. The van der Waals surface area contributed by atoms with Crippen LogP contribution in [0.25, 0.3) is 16.6 Å². The molecule has 25 heavy (non-hydrogen) atoms. The second-order valence-electron chi connectivity index (χ2n) is 5.67. The number of nitrogens with two attached hydrogens (primary N) is 1. The van der Waals surface area contributed by atoms with E-state index in [1.165, 1.54) is 19.6 Å². The Morgan fingerprint density at radius 3 is 2.48 bits per heavy atom. The topological polar surface area (TPSA) is 92.1 Å². The Labute approximate surface area is 151 Å². The van der Waals surface area contributed by atoms with Crippen LogP contribution in [0.3, 0.4) is 0 Å². The normalized spacial score (nSPS) is 12.9. The summed E-state index contributed by atoms with van der Waals surface area (Å²) < 4.78 is 26.6. The molecule has 6 nitrogen and oxygen atoms in total. The number of H-pyrrole nitrogens is 1. The lowest BCUT2D eigenvalue weighted by molar-refractivity contribution is 0.521. The summed E-state index contributed by atoms with van der Waals surface area (Å²) >= 11 is 6.05. The molecule has 0 fully saturated rings. The molecule has 1 aromatic heterocycles. The van der Waals surface area contributed by atoms with Gasteiger partial charge in [0.15, 0.2) is 5.95 Å². The second-order valence-corrected chi connectivity index (χ2v) is 8.01. The maximum Gasteiger partial charge on any atom is 0.244 e. The van der Waals surface area contributed by atoms with Gasteiger partial charge in [0.2, 0.25) is 10.0 Å². The Kier molecular flexibility index (Phi) is 4.55. The largest absolute Gasteiger partial charge is 0.369 e. The van der Waals surface area contributed by atoms with Gasteiger partial charge in [0.1, 0.15) is 10.4 Å². The van der Waals surface area contributed by atoms with E-state index in [1.807, 2.05) is 30.3 Å². The lowest BCUT2D eigenvalue weighted by Crippen LogP contribution is -2.22. The molecule has 0 atom stereocenters. The fourth-order valence-corrected chi connectivity index (χ4v) is 3.89. The Morgan fingerprint density at radius 1 is 1.20 bits per heavy atom. The van der Waals surface area contributed by atoms with Crippen LogP contribution in [-0.4, -0.2) is 36.8 Å². The number of hydrogen-bond acceptors (Lipinski definition) is 4. The van der Waals surface area contributed by atoms with Gasteiger partial charge in [-0.25, -0.2) is 17.7 Å². The van der Waals surface area contributed by atoms with Crippen molar-refractivity contribution in [2.75, 3.05) is 19.8 Å². The molecule has 0 aliphatic heterocycles. The molecular weight excluding hydrogens is 360 g/mol. The van der Waals surface area contributed by atoms with Gasteiger partial charge in [-0.3, -0.25) is 0 Å². The molecule has 0 aliphatic rings. The second kappa shape index (κ2) is 6.51. The minimum Gasteiger partial charge on any atom is -0.369 e. The highest BCUT2D eigenvalue weighted by Crippen LogP contribution is 2.32. The molecule has 0 spiro atoms. The van der Waals surface area contributed by atoms with Crippen LogP contribution >= 0.6 is 11.6 Å². The number of halogens is 1. The molecule has 0 saturated carbocycles. The van der Waals surface area contributed by atoms with E-state index in [0.717, 1.165) is 9.87 Å². The molecule has 0 radical (unpaired) electrons. The van der Waals surface area contributed by atoms with Gasteiger partial charge in [-0.05, 0) is 23.3 Å². The third-order valence-electron chi connectivity index (χ3n) is 3.83. The number of rotatable bonds is 4. The predicted molar refractivity (Wildman–Crippen MR) is 101 cm³/mol. The van der Waals surface area contributed by atoms with E-state index in [-0.39, 0.29) is 10.8 Å². The zero-order chi connectivity index (χ0) is 18.2. The molecule has 3 N–H and O–H groups in total. The van der Waals surface area contributed by atoms with E-state index in [0.29, 0.717) is 22.2 Å². The molecule has 3 rings (SSSR count). The fourth-order valence-electron chi connectivity index (χ4n) is 2.56. The van der Waals surface area contributed by atoms with Crippen molar-refractivity contribution in [3.05, 3.63) is 59.1 Å². The van der Waals surface area contributed by atoms with Gasteiger partial charge in [-0.1, -0.05) is 41.9 Å². The van der Waals surface area contributed by atoms with Crippen molar-refractivity contribution in [3.63, 3.8) is 0 Å². The monoisotopic (exact) mass is 376 g/mol. The molecule has 0 amide bonds. The van der Waals surface area contributed by atoms with E-state index in [4.69, 9.17) is 17.3 Å². The summed E-state index contributed by atoms with van der Waals surface area (Å²) in [7, 11) is -0.768. The molecule has 0 aliphatic carbocycles. The lowest BCUT2D eigenvalue weighted by Gasteiger charge is -2.14. The predicted octanol–water partition coefficient (Wildman–Crippen LogP) is 3.02. The van der Waals surface area contributed by atoms with E-state index in [9.17, 15) is 8.42 Å². The number of nitrogens with one attached hydrogen (secondary N) is 1. The van der Waals surface area contributed by atoms with Crippen molar-refractivity contribution in [2.45, 2.75) is 4.90 Å². The quantitative estimate of drug-likeness (QED) is 0.732. The summed E-state index contributed by atoms with van der Waals surface area (Å²) in [6.07, 6.45) is 0. The van der Waals surface area contributed by atoms with Crippen LogP contribution in [0.1, 0.15) is 11.1 Å². The minimum atomic E-state index is -3.71. The first-order valence-corrected chi connectivity index (χ1v) is 9.30. The summed E-state index contributed by atoms with van der Waals surface area (Å²) in [6.45, 7) is 0. The van der Waals surface area contributed by atoms with Gasteiger partial charge in [0, 0.05) is 25.2 Å². The van der Waals surface area contributed by atoms with Gasteiger partial charge in [0.25, 0.3) is 0 Å². The van der Waals surface area contributed by atoms with Crippen LogP contribution in [-0.2, 0) is 10.0 Å². The minimum absolute atomic E-state index is 0.0740. The standard InChI is InChI=1S/C17H17ClN4O2S/c1-22(2)25(23,24)15-9-12(8-14-16(15)21-17(19)20-14)13(10-18)11-6-4-3-5-7-11/h3-10H,1-2H3,(H3,19,20,21). The van der Waals surface area contributed by atoms with Crippen LogP contribution in [0, 0.1) is 0 Å². The molecule has 130 valence electrons. The Hall–Kier alpha value is -2.35. The molecule has 0 bridgehead atoms. The molecule has 0 saturated heterocycles. The molecule has 1 heterocycles. The van der Waals surface area contributed by atoms with Gasteiger partial charge in [-0.15, -0.1) is 0 Å². The van der Waals surface area contributed by atoms with Crippen LogP contribution in [0.5, 0.6) is 0 Å². The molecule has 8 heteroatoms. The van der Waals surface area contributed by atoms with Crippen molar-refractivity contribution in [2.24, 2.45) is 0 Å². The number of sulfonamides is 1. The number of imidazole rings is 1. The number of nitrogen functional groups attached to an aromatic ring is 1. The SMILES string of the molecule is CN(C)S(=O)(=O)c1cc(C(=CCl)c2ccccc2)cc2[nH]c(N)nc12. The highest BCUT2D eigenvalue weighted by atomic mass is 35.5. The number of hydrogen-bond donors (Lipinski definition) is 2. The number of benzene rings is 2. The smallest absolute Gasteiger partial charge is 0.244 e. The highest BCUT2D eigenvalue weighted by Gasteiger charge is 2.24. The number of aromatic nitrogens is 2.